The van der Waals surface area contributed by atoms with Crippen molar-refractivity contribution >= 4 is 23.7 Å². The topological polar surface area (TPSA) is 201 Å². The number of aromatic nitrogens is 2. The van der Waals surface area contributed by atoms with E-state index < -0.39 is 60.5 Å². The molecule has 3 amide bonds. The Balaban J connectivity index is 2.08. The number of carbonyl (C=O) groups is 3. The summed E-state index contributed by atoms with van der Waals surface area (Å²) in [6.45, 7) is 6.30. The summed E-state index contributed by atoms with van der Waals surface area (Å²) in [4.78, 5) is 52.4. The predicted molar refractivity (Wildman–Crippen MR) is 126 cm³/mol. The van der Waals surface area contributed by atoms with Crippen LogP contribution in [0.4, 0.5) is 10.6 Å². The minimum atomic E-state index is -1.47. The number of anilines is 1. The molecule has 1 aliphatic heterocycles. The molecule has 0 spiro atoms. The van der Waals surface area contributed by atoms with Gasteiger partial charge in [-0.25, -0.2) is 9.59 Å². The van der Waals surface area contributed by atoms with Crippen LogP contribution in [0.15, 0.2) is 17.1 Å². The molecule has 0 saturated carbocycles. The van der Waals surface area contributed by atoms with Gasteiger partial charge in [0.25, 0.3) is 0 Å². The number of hydrogen-bond donors (Lipinski definition) is 6. The van der Waals surface area contributed by atoms with Crippen LogP contribution in [0.1, 0.15) is 53.2 Å². The number of carbonyl (C=O) groups excluding carboxylic acids is 3. The molecule has 0 aliphatic carbocycles. The molecule has 2 unspecified atom stereocenters. The first-order chi connectivity index (χ1) is 16.8. The Morgan fingerprint density at radius 1 is 1.22 bits per heavy atom. The van der Waals surface area contributed by atoms with E-state index in [1.165, 1.54) is 19.2 Å². The quantitative estimate of drug-likeness (QED) is 0.211. The van der Waals surface area contributed by atoms with Crippen molar-refractivity contribution in [3.63, 3.8) is 0 Å². The highest BCUT2D eigenvalue weighted by atomic mass is 16.6. The molecule has 1 aromatic heterocycles. The number of rotatable bonds is 10. The molecule has 1 aliphatic rings. The zero-order chi connectivity index (χ0) is 27.0. The zero-order valence-corrected chi connectivity index (χ0v) is 20.8. The molecule has 14 nitrogen and oxygen atoms in total. The van der Waals surface area contributed by atoms with Crippen LogP contribution in [0, 0.1) is 0 Å². The average molecular weight is 514 g/mol. The molecule has 36 heavy (non-hydrogen) atoms. The molecule has 6 N–H and O–H groups in total. The van der Waals surface area contributed by atoms with Crippen LogP contribution >= 0.6 is 0 Å². The van der Waals surface area contributed by atoms with E-state index in [-0.39, 0.29) is 18.1 Å². The average Bonchev–Trinajstić information content (AvgIpc) is 3.05. The Kier molecular flexibility index (Phi) is 10.3. The second-order valence-electron chi connectivity index (χ2n) is 9.40. The number of aliphatic hydroxyl groups excluding tert-OH is 3. The number of hydrogen-bond acceptors (Lipinski definition) is 10. The van der Waals surface area contributed by atoms with E-state index >= 15 is 0 Å². The molecule has 0 aromatic carbocycles. The van der Waals surface area contributed by atoms with Gasteiger partial charge in [-0.3, -0.25) is 14.2 Å². The van der Waals surface area contributed by atoms with Crippen molar-refractivity contribution in [2.75, 3.05) is 18.5 Å². The number of nitrogens with zero attached hydrogens (tertiary/aromatic N) is 2. The van der Waals surface area contributed by atoms with E-state index in [0.29, 0.717) is 19.4 Å². The van der Waals surface area contributed by atoms with Gasteiger partial charge in [0.1, 0.15) is 35.8 Å². The Labute approximate surface area is 208 Å². The van der Waals surface area contributed by atoms with Gasteiger partial charge in [0.2, 0.25) is 11.8 Å². The molecule has 1 fully saturated rings. The normalized spacial score (nSPS) is 22.5. The minimum Gasteiger partial charge on any atom is -0.444 e. The number of amides is 3. The summed E-state index contributed by atoms with van der Waals surface area (Å²) >= 11 is 0. The van der Waals surface area contributed by atoms with Crippen LogP contribution in [0.2, 0.25) is 0 Å². The molecule has 2 rings (SSSR count). The molecular weight excluding hydrogens is 478 g/mol. The number of unbranched alkanes of at least 4 members (excludes halogenated alkanes) is 1. The Morgan fingerprint density at radius 3 is 2.47 bits per heavy atom. The Hall–Kier alpha value is -3.07. The lowest BCUT2D eigenvalue weighted by atomic mass is 10.1. The van der Waals surface area contributed by atoms with E-state index in [4.69, 9.17) is 9.47 Å². The monoisotopic (exact) mass is 513 g/mol. The van der Waals surface area contributed by atoms with Crippen LogP contribution in [0.5, 0.6) is 0 Å². The maximum absolute atomic E-state index is 12.9. The molecular formula is C22H35N5O9. The third-order valence-electron chi connectivity index (χ3n) is 5.17. The molecule has 0 bridgehead atoms. The van der Waals surface area contributed by atoms with E-state index in [9.17, 15) is 34.5 Å². The third-order valence-corrected chi connectivity index (χ3v) is 5.17. The summed E-state index contributed by atoms with van der Waals surface area (Å²) in [6, 6.07) is 0.275. The summed E-state index contributed by atoms with van der Waals surface area (Å²) in [7, 11) is 0. The highest BCUT2D eigenvalue weighted by molar-refractivity contribution is 5.95. The van der Waals surface area contributed by atoms with Gasteiger partial charge < -0.3 is 40.7 Å². The van der Waals surface area contributed by atoms with Gasteiger partial charge in [-0.1, -0.05) is 0 Å². The minimum absolute atomic E-state index is 0.109. The van der Waals surface area contributed by atoms with E-state index in [1.807, 2.05) is 0 Å². The van der Waals surface area contributed by atoms with E-state index in [2.05, 4.69) is 20.9 Å². The first-order valence-electron chi connectivity index (χ1n) is 11.6. The van der Waals surface area contributed by atoms with Crippen LogP contribution < -0.4 is 21.6 Å². The van der Waals surface area contributed by atoms with Crippen LogP contribution in [0.3, 0.4) is 0 Å². The SMILES string of the molecule is CC(=O)NCCCCC(NC(=O)OC(C)(C)C)C(=O)Nc1ccn([C@@H]2O[C@H](CO)C(O)[C@H]2O)c(=O)n1. The van der Waals surface area contributed by atoms with Crippen molar-refractivity contribution in [1.29, 1.82) is 0 Å². The smallest absolute Gasteiger partial charge is 0.408 e. The predicted octanol–water partition coefficient (Wildman–Crippen LogP) is -1.01. The highest BCUT2D eigenvalue weighted by Crippen LogP contribution is 2.28. The number of nitrogens with one attached hydrogen (secondary N) is 3. The van der Waals surface area contributed by atoms with Gasteiger partial charge in [-0.2, -0.15) is 4.98 Å². The summed E-state index contributed by atoms with van der Waals surface area (Å²) in [5.74, 6) is -0.922. The maximum atomic E-state index is 12.9. The van der Waals surface area contributed by atoms with Gasteiger partial charge in [0.05, 0.1) is 6.61 Å². The van der Waals surface area contributed by atoms with Gasteiger partial charge in [-0.15, -0.1) is 0 Å². The van der Waals surface area contributed by atoms with Crippen molar-refractivity contribution in [3.05, 3.63) is 22.7 Å². The fraction of sp³-hybridized carbons (Fsp3) is 0.682. The van der Waals surface area contributed by atoms with Crippen molar-refractivity contribution in [2.24, 2.45) is 0 Å². The fourth-order valence-electron chi connectivity index (χ4n) is 3.46. The molecule has 1 saturated heterocycles. The maximum Gasteiger partial charge on any atom is 0.408 e. The van der Waals surface area contributed by atoms with Gasteiger partial charge in [0, 0.05) is 19.7 Å². The summed E-state index contributed by atoms with van der Waals surface area (Å²) in [5.41, 5.74) is -1.66. The van der Waals surface area contributed by atoms with Crippen LogP contribution in [0.25, 0.3) is 0 Å². The largest absolute Gasteiger partial charge is 0.444 e. The number of ether oxygens (including phenoxy) is 2. The first-order valence-corrected chi connectivity index (χ1v) is 11.6. The standard InChI is InChI=1S/C22H35N5O9/c1-12(29)23-9-6-5-7-13(24-21(34)36-22(2,3)4)18(32)25-15-8-10-27(20(33)26-15)19-17(31)16(30)14(11-28)35-19/h8,10,13-14,16-17,19,28,30-31H,5-7,9,11H2,1-4H3,(H,23,29)(H,24,34)(H,25,26,32,33)/t13?,14-,16?,17-,19-/m1/s1. The van der Waals surface area contributed by atoms with Gasteiger partial charge in [-0.05, 0) is 46.1 Å². The Morgan fingerprint density at radius 2 is 1.92 bits per heavy atom. The zero-order valence-electron chi connectivity index (χ0n) is 20.8. The molecule has 14 heteroatoms. The lowest BCUT2D eigenvalue weighted by Crippen LogP contribution is -2.46. The molecule has 202 valence electrons. The first kappa shape index (κ1) is 29.2. The Bertz CT molecular complexity index is 977. The second kappa shape index (κ2) is 12.8. The van der Waals surface area contributed by atoms with Crippen molar-refractivity contribution < 1.29 is 39.2 Å². The van der Waals surface area contributed by atoms with Crippen molar-refractivity contribution in [1.82, 2.24) is 20.2 Å². The fourth-order valence-corrected chi connectivity index (χ4v) is 3.46. The second-order valence-corrected chi connectivity index (χ2v) is 9.40. The summed E-state index contributed by atoms with van der Waals surface area (Å²) in [6.07, 6.45) is -3.49. The van der Waals surface area contributed by atoms with Crippen molar-refractivity contribution in [2.45, 2.75) is 83.1 Å². The lowest BCUT2D eigenvalue weighted by molar-refractivity contribution is -0.119. The number of aliphatic hydroxyl groups is 3. The number of alkyl carbamates (subject to hydrolysis) is 1. The summed E-state index contributed by atoms with van der Waals surface area (Å²) in [5, 5.41) is 36.9. The highest BCUT2D eigenvalue weighted by Gasteiger charge is 2.43. The molecule has 5 atom stereocenters. The van der Waals surface area contributed by atoms with Crippen LogP contribution in [-0.4, -0.2) is 85.9 Å². The molecule has 2 heterocycles. The van der Waals surface area contributed by atoms with Crippen molar-refractivity contribution in [3.8, 4) is 0 Å². The van der Waals surface area contributed by atoms with Gasteiger partial charge >= 0.3 is 11.8 Å². The van der Waals surface area contributed by atoms with Crippen LogP contribution in [-0.2, 0) is 19.1 Å². The third kappa shape index (κ3) is 8.55. The molecule has 1 aromatic rings. The van der Waals surface area contributed by atoms with E-state index in [0.717, 1.165) is 4.57 Å². The van der Waals surface area contributed by atoms with E-state index in [1.54, 1.807) is 20.8 Å². The summed E-state index contributed by atoms with van der Waals surface area (Å²) < 4.78 is 11.5. The lowest BCUT2D eigenvalue weighted by Gasteiger charge is -2.23. The van der Waals surface area contributed by atoms with Gasteiger partial charge in [0.15, 0.2) is 6.23 Å². The molecule has 0 radical (unpaired) electrons.